The molecular formula is C10H7BrF3N. The number of alkyl halides is 4. The lowest BCUT2D eigenvalue weighted by Crippen LogP contribution is -2.05. The number of pyridine rings is 1. The van der Waals surface area contributed by atoms with Gasteiger partial charge in [0.2, 0.25) is 0 Å². The molecule has 0 aromatic carbocycles. The summed E-state index contributed by atoms with van der Waals surface area (Å²) in [6, 6.07) is 2.25. The van der Waals surface area contributed by atoms with Crippen molar-refractivity contribution < 1.29 is 13.2 Å². The van der Waals surface area contributed by atoms with Crippen molar-refractivity contribution in [1.29, 1.82) is 0 Å². The zero-order chi connectivity index (χ0) is 11.3. The predicted octanol–water partition coefficient (Wildman–Crippen LogP) is 3.24. The molecule has 1 rings (SSSR count). The monoisotopic (exact) mass is 277 g/mol. The van der Waals surface area contributed by atoms with Crippen molar-refractivity contribution in [3.8, 4) is 11.8 Å². The van der Waals surface area contributed by atoms with Gasteiger partial charge in [-0.05, 0) is 18.1 Å². The highest BCUT2D eigenvalue weighted by Crippen LogP contribution is 2.28. The number of nitrogens with zero attached hydrogens (tertiary/aromatic N) is 1. The molecule has 0 N–H and O–H groups in total. The van der Waals surface area contributed by atoms with Gasteiger partial charge in [-0.15, -0.1) is 0 Å². The third kappa shape index (κ3) is 3.92. The van der Waals surface area contributed by atoms with Crippen LogP contribution in [0.5, 0.6) is 0 Å². The standard InChI is InChI=1S/C10H7BrF3N/c11-6-2-1-3-9-5-4-8(7-15-9)10(12,13)14/h4-5,7H,2,6H2. The summed E-state index contributed by atoms with van der Waals surface area (Å²) >= 11 is 3.19. The number of rotatable bonds is 1. The van der Waals surface area contributed by atoms with Crippen LogP contribution in [0.4, 0.5) is 13.2 Å². The van der Waals surface area contributed by atoms with E-state index in [1.165, 1.54) is 6.07 Å². The Kier molecular flexibility index (Phi) is 4.15. The van der Waals surface area contributed by atoms with E-state index in [1.54, 1.807) is 0 Å². The molecule has 0 aliphatic heterocycles. The fourth-order valence-corrected chi connectivity index (χ4v) is 1.03. The van der Waals surface area contributed by atoms with E-state index >= 15 is 0 Å². The van der Waals surface area contributed by atoms with Crippen LogP contribution in [0.3, 0.4) is 0 Å². The van der Waals surface area contributed by atoms with E-state index in [9.17, 15) is 13.2 Å². The van der Waals surface area contributed by atoms with Crippen LogP contribution in [-0.2, 0) is 6.18 Å². The molecule has 5 heteroatoms. The van der Waals surface area contributed by atoms with Crippen molar-refractivity contribution in [1.82, 2.24) is 4.98 Å². The summed E-state index contributed by atoms with van der Waals surface area (Å²) in [5.74, 6) is 5.43. The lowest BCUT2D eigenvalue weighted by molar-refractivity contribution is -0.137. The molecule has 1 aromatic heterocycles. The Morgan fingerprint density at radius 1 is 1.33 bits per heavy atom. The van der Waals surface area contributed by atoms with Gasteiger partial charge in [-0.3, -0.25) is 0 Å². The van der Waals surface area contributed by atoms with Crippen molar-refractivity contribution >= 4 is 15.9 Å². The first-order chi connectivity index (χ1) is 7.04. The summed E-state index contributed by atoms with van der Waals surface area (Å²) in [6.45, 7) is 0. The Labute approximate surface area is 93.8 Å². The third-order valence-corrected chi connectivity index (χ3v) is 1.92. The summed E-state index contributed by atoms with van der Waals surface area (Å²) in [7, 11) is 0. The van der Waals surface area contributed by atoms with Gasteiger partial charge in [0.1, 0.15) is 5.69 Å². The van der Waals surface area contributed by atoms with E-state index in [-0.39, 0.29) is 0 Å². The maximum Gasteiger partial charge on any atom is 0.417 e. The van der Waals surface area contributed by atoms with Crippen LogP contribution in [0.25, 0.3) is 0 Å². The van der Waals surface area contributed by atoms with Gasteiger partial charge in [0.15, 0.2) is 0 Å². The van der Waals surface area contributed by atoms with Crippen molar-refractivity contribution in [3.63, 3.8) is 0 Å². The summed E-state index contributed by atoms with van der Waals surface area (Å²) in [4.78, 5) is 3.61. The molecule has 1 nitrogen and oxygen atoms in total. The number of hydrogen-bond donors (Lipinski definition) is 0. The highest BCUT2D eigenvalue weighted by Gasteiger charge is 2.30. The SMILES string of the molecule is FC(F)(F)c1ccc(C#CCCBr)nc1. The number of aromatic nitrogens is 1. The molecule has 0 unspecified atom stereocenters. The fourth-order valence-electron chi connectivity index (χ4n) is 0.836. The summed E-state index contributed by atoms with van der Waals surface area (Å²) in [5.41, 5.74) is -0.405. The van der Waals surface area contributed by atoms with E-state index in [2.05, 4.69) is 32.8 Å². The van der Waals surface area contributed by atoms with Crippen molar-refractivity contribution in [2.75, 3.05) is 5.33 Å². The average Bonchev–Trinajstić information content (AvgIpc) is 2.18. The van der Waals surface area contributed by atoms with Crippen LogP contribution < -0.4 is 0 Å². The number of hydrogen-bond acceptors (Lipinski definition) is 1. The Hall–Kier alpha value is -1.02. The van der Waals surface area contributed by atoms with Gasteiger partial charge in [-0.25, -0.2) is 4.98 Å². The first kappa shape index (κ1) is 12.1. The molecule has 1 aromatic rings. The van der Waals surface area contributed by atoms with Crippen LogP contribution in [0.1, 0.15) is 17.7 Å². The van der Waals surface area contributed by atoms with Gasteiger partial charge >= 0.3 is 6.18 Å². The molecular weight excluding hydrogens is 271 g/mol. The quantitative estimate of drug-likeness (QED) is 0.567. The second-order valence-electron chi connectivity index (χ2n) is 2.67. The lowest BCUT2D eigenvalue weighted by atomic mass is 10.2. The van der Waals surface area contributed by atoms with Gasteiger partial charge < -0.3 is 0 Å². The van der Waals surface area contributed by atoms with E-state index in [0.29, 0.717) is 12.1 Å². The highest BCUT2D eigenvalue weighted by atomic mass is 79.9. The van der Waals surface area contributed by atoms with E-state index in [4.69, 9.17) is 0 Å². The Morgan fingerprint density at radius 2 is 2.07 bits per heavy atom. The first-order valence-electron chi connectivity index (χ1n) is 4.12. The Balaban J connectivity index is 2.79. The minimum absolute atomic E-state index is 0.351. The lowest BCUT2D eigenvalue weighted by Gasteiger charge is -2.04. The Morgan fingerprint density at radius 3 is 2.53 bits per heavy atom. The first-order valence-corrected chi connectivity index (χ1v) is 5.24. The molecule has 0 saturated heterocycles. The van der Waals surface area contributed by atoms with Crippen LogP contribution >= 0.6 is 15.9 Å². The Bertz CT molecular complexity index is 372. The van der Waals surface area contributed by atoms with Crippen LogP contribution in [0.15, 0.2) is 18.3 Å². The molecule has 0 atom stereocenters. The van der Waals surface area contributed by atoms with Gasteiger partial charge in [0, 0.05) is 17.9 Å². The molecule has 0 saturated carbocycles. The van der Waals surface area contributed by atoms with Gasteiger partial charge in [0.25, 0.3) is 0 Å². The second kappa shape index (κ2) is 5.17. The van der Waals surface area contributed by atoms with E-state index in [0.717, 1.165) is 17.6 Å². The molecule has 1 heterocycles. The maximum absolute atomic E-state index is 12.1. The minimum atomic E-state index is -4.34. The minimum Gasteiger partial charge on any atom is -0.247 e. The van der Waals surface area contributed by atoms with Crippen LogP contribution in [-0.4, -0.2) is 10.3 Å². The van der Waals surface area contributed by atoms with Crippen LogP contribution in [0.2, 0.25) is 0 Å². The molecule has 80 valence electrons. The average molecular weight is 278 g/mol. The zero-order valence-corrected chi connectivity index (χ0v) is 9.19. The second-order valence-corrected chi connectivity index (χ2v) is 3.46. The molecule has 0 amide bonds. The predicted molar refractivity (Wildman–Crippen MR) is 54.5 cm³/mol. The summed E-state index contributed by atoms with van der Waals surface area (Å²) < 4.78 is 36.4. The third-order valence-electron chi connectivity index (χ3n) is 1.53. The largest absolute Gasteiger partial charge is 0.417 e. The fraction of sp³-hybridized carbons (Fsp3) is 0.300. The molecule has 0 aliphatic carbocycles. The smallest absolute Gasteiger partial charge is 0.247 e. The maximum atomic E-state index is 12.1. The van der Waals surface area contributed by atoms with Gasteiger partial charge in [-0.2, -0.15) is 13.2 Å². The zero-order valence-electron chi connectivity index (χ0n) is 7.61. The van der Waals surface area contributed by atoms with E-state index in [1.807, 2.05) is 0 Å². The molecule has 0 spiro atoms. The van der Waals surface area contributed by atoms with Crippen molar-refractivity contribution in [2.24, 2.45) is 0 Å². The normalized spacial score (nSPS) is 10.7. The summed E-state index contributed by atoms with van der Waals surface area (Å²) in [5, 5.41) is 0.737. The molecule has 0 aliphatic rings. The van der Waals surface area contributed by atoms with Gasteiger partial charge in [-0.1, -0.05) is 21.9 Å². The van der Waals surface area contributed by atoms with Crippen LogP contribution in [0, 0.1) is 11.8 Å². The topological polar surface area (TPSA) is 12.9 Å². The molecule has 0 bridgehead atoms. The molecule has 15 heavy (non-hydrogen) atoms. The highest BCUT2D eigenvalue weighted by molar-refractivity contribution is 9.09. The summed E-state index contributed by atoms with van der Waals surface area (Å²) in [6.07, 6.45) is -2.91. The molecule has 0 fully saturated rings. The van der Waals surface area contributed by atoms with Gasteiger partial charge in [0.05, 0.1) is 5.56 Å². The number of halogens is 4. The van der Waals surface area contributed by atoms with Crippen molar-refractivity contribution in [2.45, 2.75) is 12.6 Å². The van der Waals surface area contributed by atoms with Crippen molar-refractivity contribution in [3.05, 3.63) is 29.6 Å². The van der Waals surface area contributed by atoms with E-state index < -0.39 is 11.7 Å². The molecule has 0 radical (unpaired) electrons.